The molecule has 2 N–H and O–H groups in total. The fourth-order valence-electron chi connectivity index (χ4n) is 3.88. The van der Waals surface area contributed by atoms with Gasteiger partial charge in [0.1, 0.15) is 5.25 Å². The number of benzene rings is 4. The predicted molar refractivity (Wildman–Crippen MR) is 162 cm³/mol. The molecule has 1 heterocycles. The SMILES string of the molecule is Cc1ccc(-c2csc(NC(=O)C(Sc3cccc(NC(=O)c4cccc(Cl)c4)c3)c3ccccc3)n2)cc1. The average molecular weight is 570 g/mol. The van der Waals surface area contributed by atoms with Gasteiger partial charge < -0.3 is 10.6 Å². The maximum atomic E-state index is 13.5. The molecule has 0 spiro atoms. The van der Waals surface area contributed by atoms with Crippen molar-refractivity contribution < 1.29 is 9.59 Å². The molecular formula is C31H24ClN3O2S2. The van der Waals surface area contributed by atoms with E-state index in [2.05, 4.69) is 15.6 Å². The molecule has 8 heteroatoms. The van der Waals surface area contributed by atoms with Crippen molar-refractivity contribution in [1.29, 1.82) is 0 Å². The van der Waals surface area contributed by atoms with Gasteiger partial charge in [-0.05, 0) is 48.9 Å². The second-order valence-corrected chi connectivity index (χ2v) is 11.3. The molecule has 0 bridgehead atoms. The first-order valence-corrected chi connectivity index (χ1v) is 14.3. The molecule has 5 aromatic rings. The van der Waals surface area contributed by atoms with Crippen LogP contribution in [0.25, 0.3) is 11.3 Å². The van der Waals surface area contributed by atoms with E-state index in [1.54, 1.807) is 24.3 Å². The number of nitrogens with zero attached hydrogens (tertiary/aromatic N) is 1. The highest BCUT2D eigenvalue weighted by Crippen LogP contribution is 2.38. The zero-order valence-corrected chi connectivity index (χ0v) is 23.3. The number of aromatic nitrogens is 1. The van der Waals surface area contributed by atoms with Gasteiger partial charge in [-0.3, -0.25) is 9.59 Å². The third kappa shape index (κ3) is 6.95. The Hall–Kier alpha value is -3.91. The van der Waals surface area contributed by atoms with Crippen LogP contribution in [0.5, 0.6) is 0 Å². The number of hydrogen-bond donors (Lipinski definition) is 2. The Morgan fingerprint density at radius 3 is 2.41 bits per heavy atom. The van der Waals surface area contributed by atoms with Crippen LogP contribution in [0.3, 0.4) is 0 Å². The van der Waals surface area contributed by atoms with Crippen LogP contribution in [0.15, 0.2) is 113 Å². The highest BCUT2D eigenvalue weighted by atomic mass is 35.5. The smallest absolute Gasteiger partial charge is 0.255 e. The van der Waals surface area contributed by atoms with E-state index >= 15 is 0 Å². The molecule has 4 aromatic carbocycles. The molecule has 0 radical (unpaired) electrons. The molecule has 0 saturated heterocycles. The summed E-state index contributed by atoms with van der Waals surface area (Å²) >= 11 is 8.83. The third-order valence-corrected chi connectivity index (χ3v) is 8.10. The molecule has 5 rings (SSSR count). The quantitative estimate of drug-likeness (QED) is 0.184. The number of rotatable bonds is 8. The van der Waals surface area contributed by atoms with Crippen molar-refractivity contribution in [3.05, 3.63) is 130 Å². The van der Waals surface area contributed by atoms with Crippen molar-refractivity contribution in [2.75, 3.05) is 10.6 Å². The highest BCUT2D eigenvalue weighted by molar-refractivity contribution is 8.00. The lowest BCUT2D eigenvalue weighted by molar-refractivity contribution is -0.115. The van der Waals surface area contributed by atoms with Gasteiger partial charge in [0.25, 0.3) is 5.91 Å². The summed E-state index contributed by atoms with van der Waals surface area (Å²) in [6.07, 6.45) is 0. The number of halogens is 1. The molecule has 1 aromatic heterocycles. The van der Waals surface area contributed by atoms with Crippen molar-refractivity contribution in [2.24, 2.45) is 0 Å². The fourth-order valence-corrected chi connectivity index (χ4v) is 5.87. The number of hydrogen-bond acceptors (Lipinski definition) is 5. The summed E-state index contributed by atoms with van der Waals surface area (Å²) in [5, 5.41) is 8.36. The van der Waals surface area contributed by atoms with E-state index in [0.29, 0.717) is 21.4 Å². The first-order valence-electron chi connectivity index (χ1n) is 12.2. The van der Waals surface area contributed by atoms with Gasteiger partial charge >= 0.3 is 0 Å². The van der Waals surface area contributed by atoms with E-state index in [9.17, 15) is 9.59 Å². The maximum Gasteiger partial charge on any atom is 0.255 e. The largest absolute Gasteiger partial charge is 0.322 e. The minimum Gasteiger partial charge on any atom is -0.322 e. The van der Waals surface area contributed by atoms with Gasteiger partial charge in [0.05, 0.1) is 5.69 Å². The Labute approximate surface area is 240 Å². The molecule has 0 saturated carbocycles. The van der Waals surface area contributed by atoms with Crippen molar-refractivity contribution in [3.8, 4) is 11.3 Å². The van der Waals surface area contributed by atoms with Crippen LogP contribution in [-0.2, 0) is 4.79 Å². The van der Waals surface area contributed by atoms with E-state index in [1.807, 2.05) is 91.2 Å². The lowest BCUT2D eigenvalue weighted by Gasteiger charge is -2.17. The van der Waals surface area contributed by atoms with Crippen LogP contribution in [0.2, 0.25) is 5.02 Å². The summed E-state index contributed by atoms with van der Waals surface area (Å²) < 4.78 is 0. The number of thioether (sulfide) groups is 1. The summed E-state index contributed by atoms with van der Waals surface area (Å²) in [5.41, 5.74) is 4.96. The number of anilines is 2. The van der Waals surface area contributed by atoms with Gasteiger partial charge in [-0.15, -0.1) is 23.1 Å². The van der Waals surface area contributed by atoms with Crippen LogP contribution in [-0.4, -0.2) is 16.8 Å². The van der Waals surface area contributed by atoms with Gasteiger partial charge in [-0.1, -0.05) is 83.9 Å². The summed E-state index contributed by atoms with van der Waals surface area (Å²) in [5.74, 6) is -0.436. The monoisotopic (exact) mass is 569 g/mol. The summed E-state index contributed by atoms with van der Waals surface area (Å²) in [4.78, 5) is 31.7. The first kappa shape index (κ1) is 26.7. The van der Waals surface area contributed by atoms with E-state index < -0.39 is 5.25 Å². The van der Waals surface area contributed by atoms with E-state index in [-0.39, 0.29) is 11.8 Å². The molecule has 0 fully saturated rings. The average Bonchev–Trinajstić information content (AvgIpc) is 3.41. The molecule has 1 unspecified atom stereocenters. The molecule has 1 atom stereocenters. The highest BCUT2D eigenvalue weighted by Gasteiger charge is 2.23. The number of nitrogens with one attached hydrogen (secondary N) is 2. The fraction of sp³-hybridized carbons (Fsp3) is 0.0645. The Kier molecular flexibility index (Phi) is 8.42. The van der Waals surface area contributed by atoms with Crippen LogP contribution >= 0.6 is 34.7 Å². The molecule has 0 aliphatic heterocycles. The van der Waals surface area contributed by atoms with Crippen LogP contribution in [0.4, 0.5) is 10.8 Å². The van der Waals surface area contributed by atoms with E-state index in [0.717, 1.165) is 21.7 Å². The Balaban J connectivity index is 1.33. The Morgan fingerprint density at radius 1 is 0.872 bits per heavy atom. The first-order chi connectivity index (χ1) is 18.9. The number of carbonyl (C=O) groups excluding carboxylic acids is 2. The predicted octanol–water partition coefficient (Wildman–Crippen LogP) is 8.50. The standard InChI is InChI=1S/C31H24ClN3O2S2/c1-20-13-15-21(16-14-20)27-19-38-31(34-27)35-30(37)28(22-7-3-2-4-8-22)39-26-12-6-11-25(18-26)33-29(36)23-9-5-10-24(32)17-23/h2-19,28H,1H3,(H,33,36)(H,34,35,37). The number of carbonyl (C=O) groups is 2. The number of aryl methyl sites for hydroxylation is 1. The minimum absolute atomic E-state index is 0.177. The van der Waals surface area contributed by atoms with Gasteiger partial charge in [0.15, 0.2) is 5.13 Å². The Bertz CT molecular complexity index is 1600. The van der Waals surface area contributed by atoms with Crippen molar-refractivity contribution in [1.82, 2.24) is 4.98 Å². The molecule has 5 nitrogen and oxygen atoms in total. The number of thiazole rings is 1. The van der Waals surface area contributed by atoms with Gasteiger partial charge in [0, 0.05) is 32.1 Å². The second-order valence-electron chi connectivity index (χ2n) is 8.79. The zero-order valence-electron chi connectivity index (χ0n) is 20.9. The number of amides is 2. The summed E-state index contributed by atoms with van der Waals surface area (Å²) in [6.45, 7) is 2.04. The van der Waals surface area contributed by atoms with Gasteiger partial charge in [0.2, 0.25) is 5.91 Å². The lowest BCUT2D eigenvalue weighted by atomic mass is 10.1. The van der Waals surface area contributed by atoms with Crippen molar-refractivity contribution >= 4 is 57.3 Å². The van der Waals surface area contributed by atoms with Crippen LogP contribution < -0.4 is 10.6 Å². The Morgan fingerprint density at radius 2 is 1.64 bits per heavy atom. The normalized spacial score (nSPS) is 11.5. The van der Waals surface area contributed by atoms with Gasteiger partial charge in [-0.25, -0.2) is 4.98 Å². The summed E-state index contributed by atoms with van der Waals surface area (Å²) in [7, 11) is 0. The lowest BCUT2D eigenvalue weighted by Crippen LogP contribution is -2.19. The van der Waals surface area contributed by atoms with Crippen LogP contribution in [0, 0.1) is 6.92 Å². The third-order valence-electron chi connectivity index (χ3n) is 5.85. The second kappa shape index (κ2) is 12.3. The van der Waals surface area contributed by atoms with Crippen molar-refractivity contribution in [3.63, 3.8) is 0 Å². The molecular weight excluding hydrogens is 546 g/mol. The molecule has 2 amide bonds. The summed E-state index contributed by atoms with van der Waals surface area (Å²) in [6, 6.07) is 32.0. The topological polar surface area (TPSA) is 71.1 Å². The van der Waals surface area contributed by atoms with Crippen LogP contribution in [0.1, 0.15) is 26.7 Å². The van der Waals surface area contributed by atoms with Crippen molar-refractivity contribution in [2.45, 2.75) is 17.1 Å². The molecule has 0 aliphatic carbocycles. The molecule has 0 aliphatic rings. The van der Waals surface area contributed by atoms with E-state index in [1.165, 1.54) is 28.7 Å². The molecule has 194 valence electrons. The van der Waals surface area contributed by atoms with Gasteiger partial charge in [-0.2, -0.15) is 0 Å². The molecule has 39 heavy (non-hydrogen) atoms. The maximum absolute atomic E-state index is 13.5. The minimum atomic E-state index is -0.531. The van der Waals surface area contributed by atoms with E-state index in [4.69, 9.17) is 11.6 Å². The zero-order chi connectivity index (χ0) is 27.2.